The molecule has 2 N–H and O–H groups in total. The molecule has 0 fully saturated rings. The molecule has 1 heterocycles. The first-order valence-corrected chi connectivity index (χ1v) is 3.99. The molecular formula is C8H12N2O3. The van der Waals surface area contributed by atoms with E-state index in [-0.39, 0.29) is 12.5 Å². The normalized spacial score (nSPS) is 12.5. The molecule has 0 aliphatic carbocycles. The van der Waals surface area contributed by atoms with E-state index >= 15 is 0 Å². The number of hydrogen-bond acceptors (Lipinski definition) is 4. The number of aryl methyl sites for hydroxylation is 1. The minimum absolute atomic E-state index is 0.226. The number of amides is 1. The summed E-state index contributed by atoms with van der Waals surface area (Å²) in [5.74, 6) is 0.197. The average molecular weight is 184 g/mol. The van der Waals surface area contributed by atoms with E-state index in [2.05, 4.69) is 10.5 Å². The highest BCUT2D eigenvalue weighted by Crippen LogP contribution is 2.04. The van der Waals surface area contributed by atoms with Crippen molar-refractivity contribution in [2.75, 3.05) is 6.54 Å². The lowest BCUT2D eigenvalue weighted by Crippen LogP contribution is -2.30. The van der Waals surface area contributed by atoms with E-state index in [4.69, 9.17) is 9.63 Å². The Bertz CT molecular complexity index is 293. The van der Waals surface area contributed by atoms with Crippen molar-refractivity contribution in [3.63, 3.8) is 0 Å². The minimum Gasteiger partial charge on any atom is -0.392 e. The van der Waals surface area contributed by atoms with Crippen LogP contribution < -0.4 is 5.32 Å². The molecule has 1 aromatic rings. The standard InChI is InChI=1S/C8H12N2O3/c1-5(11)3-9-8(12)7-4-10-13-6(7)2/h4-5,11H,3H2,1-2H3,(H,9,12). The van der Waals surface area contributed by atoms with Crippen molar-refractivity contribution < 1.29 is 14.4 Å². The lowest BCUT2D eigenvalue weighted by Gasteiger charge is -2.05. The quantitative estimate of drug-likeness (QED) is 0.698. The number of aromatic nitrogens is 1. The van der Waals surface area contributed by atoms with Crippen molar-refractivity contribution in [3.8, 4) is 0 Å². The van der Waals surface area contributed by atoms with Gasteiger partial charge in [0.05, 0.1) is 12.3 Å². The Morgan fingerprint density at radius 1 is 1.85 bits per heavy atom. The molecule has 5 heteroatoms. The molecular weight excluding hydrogens is 172 g/mol. The summed E-state index contributed by atoms with van der Waals surface area (Å²) in [4.78, 5) is 11.3. The van der Waals surface area contributed by atoms with Gasteiger partial charge >= 0.3 is 0 Å². The van der Waals surface area contributed by atoms with Gasteiger partial charge in [-0.25, -0.2) is 0 Å². The molecule has 72 valence electrons. The number of hydrogen-bond donors (Lipinski definition) is 2. The summed E-state index contributed by atoms with van der Waals surface area (Å²) in [5.41, 5.74) is 0.403. The Kier molecular flexibility index (Phi) is 3.02. The second-order valence-corrected chi connectivity index (χ2v) is 2.85. The first kappa shape index (κ1) is 9.73. The molecule has 1 atom stereocenters. The van der Waals surface area contributed by atoms with Gasteiger partial charge in [0, 0.05) is 6.54 Å². The van der Waals surface area contributed by atoms with Crippen LogP contribution >= 0.6 is 0 Å². The van der Waals surface area contributed by atoms with Crippen LogP contribution in [0.1, 0.15) is 23.0 Å². The fourth-order valence-electron chi connectivity index (χ4n) is 0.852. The van der Waals surface area contributed by atoms with Gasteiger partial charge in [0.2, 0.25) is 0 Å². The van der Waals surface area contributed by atoms with Crippen LogP contribution in [0, 0.1) is 6.92 Å². The summed E-state index contributed by atoms with van der Waals surface area (Å²) < 4.78 is 4.72. The Balaban J connectivity index is 2.54. The predicted molar refractivity (Wildman–Crippen MR) is 45.3 cm³/mol. The molecule has 0 saturated heterocycles. The van der Waals surface area contributed by atoms with Gasteiger partial charge in [-0.05, 0) is 13.8 Å². The molecule has 1 aromatic heterocycles. The van der Waals surface area contributed by atoms with E-state index in [0.29, 0.717) is 11.3 Å². The van der Waals surface area contributed by atoms with Crippen molar-refractivity contribution >= 4 is 5.91 Å². The van der Waals surface area contributed by atoms with Gasteiger partial charge in [-0.15, -0.1) is 0 Å². The van der Waals surface area contributed by atoms with Crippen molar-refractivity contribution in [2.24, 2.45) is 0 Å². The number of nitrogens with one attached hydrogen (secondary N) is 1. The SMILES string of the molecule is Cc1oncc1C(=O)NCC(C)O. The molecule has 5 nitrogen and oxygen atoms in total. The van der Waals surface area contributed by atoms with Crippen LogP contribution in [-0.2, 0) is 0 Å². The van der Waals surface area contributed by atoms with Crippen LogP contribution in [0.2, 0.25) is 0 Å². The van der Waals surface area contributed by atoms with Gasteiger partial charge in [0.25, 0.3) is 5.91 Å². The summed E-state index contributed by atoms with van der Waals surface area (Å²) in [6.45, 7) is 3.48. The van der Waals surface area contributed by atoms with Gasteiger partial charge in [0.15, 0.2) is 0 Å². The summed E-state index contributed by atoms with van der Waals surface area (Å²) >= 11 is 0. The molecule has 0 saturated carbocycles. The van der Waals surface area contributed by atoms with E-state index in [1.807, 2.05) is 0 Å². The van der Waals surface area contributed by atoms with Crippen LogP contribution in [0.3, 0.4) is 0 Å². The van der Waals surface area contributed by atoms with Gasteiger partial charge in [-0.3, -0.25) is 4.79 Å². The third-order valence-corrected chi connectivity index (χ3v) is 1.55. The smallest absolute Gasteiger partial charge is 0.256 e. The van der Waals surface area contributed by atoms with Gasteiger partial charge in [-0.2, -0.15) is 0 Å². The molecule has 1 amide bonds. The maximum Gasteiger partial charge on any atom is 0.256 e. The van der Waals surface area contributed by atoms with Crippen molar-refractivity contribution in [2.45, 2.75) is 20.0 Å². The van der Waals surface area contributed by atoms with E-state index < -0.39 is 6.10 Å². The highest BCUT2D eigenvalue weighted by molar-refractivity contribution is 5.94. The lowest BCUT2D eigenvalue weighted by molar-refractivity contribution is 0.0922. The molecule has 0 radical (unpaired) electrons. The summed E-state index contributed by atoms with van der Waals surface area (Å²) in [7, 11) is 0. The number of aliphatic hydroxyl groups is 1. The monoisotopic (exact) mass is 184 g/mol. The number of nitrogens with zero attached hydrogens (tertiary/aromatic N) is 1. The molecule has 0 aromatic carbocycles. The Hall–Kier alpha value is -1.36. The Labute approximate surface area is 75.7 Å². The fourth-order valence-corrected chi connectivity index (χ4v) is 0.852. The maximum atomic E-state index is 11.3. The zero-order valence-electron chi connectivity index (χ0n) is 7.57. The van der Waals surface area contributed by atoms with Crippen molar-refractivity contribution in [1.29, 1.82) is 0 Å². The largest absolute Gasteiger partial charge is 0.392 e. The maximum absolute atomic E-state index is 11.3. The number of aliphatic hydroxyl groups excluding tert-OH is 1. The molecule has 1 rings (SSSR count). The first-order chi connectivity index (χ1) is 6.11. The van der Waals surface area contributed by atoms with E-state index in [1.54, 1.807) is 13.8 Å². The van der Waals surface area contributed by atoms with E-state index in [9.17, 15) is 4.79 Å². The summed E-state index contributed by atoms with van der Waals surface area (Å²) in [6, 6.07) is 0. The third kappa shape index (κ3) is 2.55. The highest BCUT2D eigenvalue weighted by atomic mass is 16.5. The summed E-state index contributed by atoms with van der Waals surface area (Å²) in [5, 5.41) is 14.9. The minimum atomic E-state index is -0.552. The number of carbonyl (C=O) groups is 1. The van der Waals surface area contributed by atoms with Crippen LogP contribution in [0.15, 0.2) is 10.7 Å². The van der Waals surface area contributed by atoms with Crippen LogP contribution in [0.5, 0.6) is 0 Å². The van der Waals surface area contributed by atoms with E-state index in [1.165, 1.54) is 6.20 Å². The fraction of sp³-hybridized carbons (Fsp3) is 0.500. The van der Waals surface area contributed by atoms with Gasteiger partial charge in [0.1, 0.15) is 11.3 Å². The van der Waals surface area contributed by atoms with Crippen LogP contribution in [0.25, 0.3) is 0 Å². The zero-order chi connectivity index (χ0) is 9.84. The average Bonchev–Trinajstić information content (AvgIpc) is 2.47. The topological polar surface area (TPSA) is 75.4 Å². The molecule has 0 bridgehead atoms. The van der Waals surface area contributed by atoms with Gasteiger partial charge in [-0.1, -0.05) is 5.16 Å². The van der Waals surface area contributed by atoms with E-state index in [0.717, 1.165) is 0 Å². The van der Waals surface area contributed by atoms with Crippen molar-refractivity contribution in [1.82, 2.24) is 10.5 Å². The molecule has 0 spiro atoms. The Morgan fingerprint density at radius 3 is 3.00 bits per heavy atom. The second kappa shape index (κ2) is 4.04. The van der Waals surface area contributed by atoms with Gasteiger partial charge < -0.3 is 14.9 Å². The lowest BCUT2D eigenvalue weighted by atomic mass is 10.2. The summed E-state index contributed by atoms with van der Waals surface area (Å²) in [6.07, 6.45) is 0.802. The van der Waals surface area contributed by atoms with Crippen LogP contribution in [-0.4, -0.2) is 28.8 Å². The molecule has 13 heavy (non-hydrogen) atoms. The first-order valence-electron chi connectivity index (χ1n) is 3.99. The predicted octanol–water partition coefficient (Wildman–Crippen LogP) is 0.0936. The van der Waals surface area contributed by atoms with Crippen LogP contribution in [0.4, 0.5) is 0 Å². The number of carbonyl (C=O) groups excluding carboxylic acids is 1. The highest BCUT2D eigenvalue weighted by Gasteiger charge is 2.12. The number of rotatable bonds is 3. The third-order valence-electron chi connectivity index (χ3n) is 1.55. The second-order valence-electron chi connectivity index (χ2n) is 2.85. The zero-order valence-corrected chi connectivity index (χ0v) is 7.57. The molecule has 0 aliphatic rings. The molecule has 0 aliphatic heterocycles. The Morgan fingerprint density at radius 2 is 2.54 bits per heavy atom. The molecule has 1 unspecified atom stereocenters. The van der Waals surface area contributed by atoms with Crippen molar-refractivity contribution in [3.05, 3.63) is 17.5 Å².